The lowest BCUT2D eigenvalue weighted by atomic mass is 9.95. The van der Waals surface area contributed by atoms with Gasteiger partial charge in [0.1, 0.15) is 0 Å². The quantitative estimate of drug-likeness (QED) is 0.848. The molecule has 5 nitrogen and oxygen atoms in total. The zero-order valence-corrected chi connectivity index (χ0v) is 16.8. The van der Waals surface area contributed by atoms with Gasteiger partial charge in [0, 0.05) is 6.42 Å². The predicted octanol–water partition coefficient (Wildman–Crippen LogP) is 3.93. The number of nitrogens with one attached hydrogen (secondary N) is 1. The topological polar surface area (TPSA) is 50.8 Å². The van der Waals surface area contributed by atoms with Gasteiger partial charge in [-0.05, 0) is 49.5 Å². The highest BCUT2D eigenvalue weighted by atomic mass is 16.5. The van der Waals surface area contributed by atoms with Crippen LogP contribution in [0, 0.1) is 5.92 Å². The Labute approximate surface area is 163 Å². The summed E-state index contributed by atoms with van der Waals surface area (Å²) >= 11 is 0. The molecular formula is C22H34N2O3. The van der Waals surface area contributed by atoms with Gasteiger partial charge in [-0.2, -0.15) is 0 Å². The number of fused-ring (bicyclic) bond motifs is 1. The molecule has 1 N–H and O–H groups in total. The SMILES string of the molecule is CC(C)[C@@H](NC(=O)CN1CCCCCCC1)c1ccc2c(c1)OCCCO2. The zero-order valence-electron chi connectivity index (χ0n) is 16.8. The fraction of sp³-hybridized carbons (Fsp3) is 0.682. The molecule has 0 aromatic heterocycles. The Morgan fingerprint density at radius 2 is 1.67 bits per heavy atom. The second kappa shape index (κ2) is 9.98. The second-order valence-electron chi connectivity index (χ2n) is 8.09. The Morgan fingerprint density at radius 3 is 2.37 bits per heavy atom. The molecule has 0 unspecified atom stereocenters. The molecule has 3 rings (SSSR count). The number of hydrogen-bond acceptors (Lipinski definition) is 4. The molecule has 0 radical (unpaired) electrons. The van der Waals surface area contributed by atoms with Gasteiger partial charge < -0.3 is 14.8 Å². The van der Waals surface area contributed by atoms with E-state index in [1.54, 1.807) is 0 Å². The molecule has 1 aromatic rings. The van der Waals surface area contributed by atoms with Crippen LogP contribution in [0.5, 0.6) is 11.5 Å². The number of hydrogen-bond donors (Lipinski definition) is 1. The summed E-state index contributed by atoms with van der Waals surface area (Å²) in [6, 6.07) is 6.02. The van der Waals surface area contributed by atoms with Crippen molar-refractivity contribution in [3.63, 3.8) is 0 Å². The average Bonchev–Trinajstić information content (AvgIpc) is 2.86. The van der Waals surface area contributed by atoms with Crippen LogP contribution in [-0.2, 0) is 4.79 Å². The first-order valence-corrected chi connectivity index (χ1v) is 10.5. The fourth-order valence-corrected chi connectivity index (χ4v) is 3.90. The largest absolute Gasteiger partial charge is 0.490 e. The summed E-state index contributed by atoms with van der Waals surface area (Å²) in [5.41, 5.74) is 1.08. The van der Waals surface area contributed by atoms with Crippen molar-refractivity contribution in [1.29, 1.82) is 0 Å². The van der Waals surface area contributed by atoms with Gasteiger partial charge >= 0.3 is 0 Å². The van der Waals surface area contributed by atoms with E-state index in [0.29, 0.717) is 25.7 Å². The molecule has 0 bridgehead atoms. The molecule has 0 saturated carbocycles. The maximum absolute atomic E-state index is 12.7. The van der Waals surface area contributed by atoms with Crippen molar-refractivity contribution in [2.24, 2.45) is 5.92 Å². The Bertz CT molecular complexity index is 610. The van der Waals surface area contributed by atoms with Crippen LogP contribution in [-0.4, -0.2) is 43.7 Å². The number of likely N-dealkylation sites (tertiary alicyclic amines) is 1. The number of amides is 1. The first kappa shape index (κ1) is 20.0. The highest BCUT2D eigenvalue weighted by molar-refractivity contribution is 5.78. The molecule has 1 saturated heterocycles. The normalized spacial score (nSPS) is 19.7. The van der Waals surface area contributed by atoms with Crippen LogP contribution in [0.4, 0.5) is 0 Å². The Hall–Kier alpha value is -1.75. The first-order chi connectivity index (χ1) is 13.1. The van der Waals surface area contributed by atoms with Crippen LogP contribution >= 0.6 is 0 Å². The minimum absolute atomic E-state index is 0.0237. The molecule has 5 heteroatoms. The third-order valence-electron chi connectivity index (χ3n) is 5.43. The molecule has 1 atom stereocenters. The number of rotatable bonds is 5. The summed E-state index contributed by atoms with van der Waals surface area (Å²) in [5.74, 6) is 1.99. The molecule has 0 spiro atoms. The van der Waals surface area contributed by atoms with Gasteiger partial charge in [0.2, 0.25) is 5.91 Å². The lowest BCUT2D eigenvalue weighted by molar-refractivity contribution is -0.123. The van der Waals surface area contributed by atoms with Gasteiger partial charge in [-0.25, -0.2) is 0 Å². The van der Waals surface area contributed by atoms with Crippen LogP contribution in [0.25, 0.3) is 0 Å². The zero-order chi connectivity index (χ0) is 19.1. The molecule has 1 amide bonds. The lowest BCUT2D eigenvalue weighted by Crippen LogP contribution is -2.41. The molecule has 1 fully saturated rings. The number of carbonyl (C=O) groups is 1. The molecule has 2 heterocycles. The first-order valence-electron chi connectivity index (χ1n) is 10.5. The second-order valence-corrected chi connectivity index (χ2v) is 8.09. The van der Waals surface area contributed by atoms with E-state index in [-0.39, 0.29) is 11.9 Å². The maximum Gasteiger partial charge on any atom is 0.234 e. The predicted molar refractivity (Wildman–Crippen MR) is 107 cm³/mol. The van der Waals surface area contributed by atoms with E-state index in [4.69, 9.17) is 9.47 Å². The fourth-order valence-electron chi connectivity index (χ4n) is 3.90. The van der Waals surface area contributed by atoms with Crippen LogP contribution in [0.15, 0.2) is 18.2 Å². The summed E-state index contributed by atoms with van der Waals surface area (Å²) in [7, 11) is 0. The van der Waals surface area contributed by atoms with E-state index in [1.807, 2.05) is 12.1 Å². The number of ether oxygens (including phenoxy) is 2. The lowest BCUT2D eigenvalue weighted by Gasteiger charge is -2.27. The van der Waals surface area contributed by atoms with Crippen LogP contribution in [0.1, 0.15) is 64.0 Å². The molecule has 27 heavy (non-hydrogen) atoms. The van der Waals surface area contributed by atoms with Gasteiger partial charge in [0.05, 0.1) is 25.8 Å². The van der Waals surface area contributed by atoms with Gasteiger partial charge in [-0.1, -0.05) is 39.2 Å². The summed E-state index contributed by atoms with van der Waals surface area (Å²) in [6.07, 6.45) is 7.18. The van der Waals surface area contributed by atoms with Crippen molar-refractivity contribution >= 4 is 5.91 Å². The molecule has 2 aliphatic heterocycles. The third-order valence-corrected chi connectivity index (χ3v) is 5.43. The standard InChI is InChI=1S/C22H34N2O3/c1-17(2)22(18-9-10-19-20(15-18)27-14-8-13-26-19)23-21(25)16-24-11-6-4-3-5-7-12-24/h9-10,15,17,22H,3-8,11-14,16H2,1-2H3,(H,23,25)/t22-/m1/s1. The van der Waals surface area contributed by atoms with Gasteiger partial charge in [0.15, 0.2) is 11.5 Å². The molecule has 2 aliphatic rings. The maximum atomic E-state index is 12.7. The highest BCUT2D eigenvalue weighted by Crippen LogP contribution is 2.34. The van der Waals surface area contributed by atoms with Crippen LogP contribution in [0.3, 0.4) is 0 Å². The van der Waals surface area contributed by atoms with Crippen molar-refractivity contribution in [1.82, 2.24) is 10.2 Å². The van der Waals surface area contributed by atoms with E-state index >= 15 is 0 Å². The Kier molecular flexibility index (Phi) is 7.39. The van der Waals surface area contributed by atoms with Gasteiger partial charge in [-0.15, -0.1) is 0 Å². The van der Waals surface area contributed by atoms with E-state index in [9.17, 15) is 4.79 Å². The van der Waals surface area contributed by atoms with Crippen molar-refractivity contribution in [3.05, 3.63) is 23.8 Å². The third kappa shape index (κ3) is 5.86. The van der Waals surface area contributed by atoms with Crippen molar-refractivity contribution < 1.29 is 14.3 Å². The summed E-state index contributed by atoms with van der Waals surface area (Å²) in [6.45, 7) is 8.20. The van der Waals surface area contributed by atoms with E-state index in [2.05, 4.69) is 30.1 Å². The number of benzene rings is 1. The van der Waals surface area contributed by atoms with Gasteiger partial charge in [0.25, 0.3) is 0 Å². The van der Waals surface area contributed by atoms with Crippen LogP contribution < -0.4 is 14.8 Å². The molecule has 150 valence electrons. The summed E-state index contributed by atoms with van der Waals surface area (Å²) in [5, 5.41) is 3.26. The number of nitrogens with zero attached hydrogens (tertiary/aromatic N) is 1. The highest BCUT2D eigenvalue weighted by Gasteiger charge is 2.22. The van der Waals surface area contributed by atoms with Crippen molar-refractivity contribution in [2.45, 2.75) is 58.4 Å². The van der Waals surface area contributed by atoms with Crippen molar-refractivity contribution in [2.75, 3.05) is 32.8 Å². The van der Waals surface area contributed by atoms with Crippen LogP contribution in [0.2, 0.25) is 0 Å². The van der Waals surface area contributed by atoms with Gasteiger partial charge in [-0.3, -0.25) is 9.69 Å². The molecular weight excluding hydrogens is 340 g/mol. The smallest absolute Gasteiger partial charge is 0.234 e. The average molecular weight is 375 g/mol. The molecule has 0 aliphatic carbocycles. The monoisotopic (exact) mass is 374 g/mol. The van der Waals surface area contributed by atoms with E-state index < -0.39 is 0 Å². The minimum atomic E-state index is -0.0237. The summed E-state index contributed by atoms with van der Waals surface area (Å²) < 4.78 is 11.6. The number of carbonyl (C=O) groups excluding carboxylic acids is 1. The minimum Gasteiger partial charge on any atom is -0.490 e. The Morgan fingerprint density at radius 1 is 1.00 bits per heavy atom. The van der Waals surface area contributed by atoms with E-state index in [0.717, 1.165) is 36.6 Å². The van der Waals surface area contributed by atoms with Crippen molar-refractivity contribution in [3.8, 4) is 11.5 Å². The summed E-state index contributed by atoms with van der Waals surface area (Å²) in [4.78, 5) is 15.0. The van der Waals surface area contributed by atoms with E-state index in [1.165, 1.54) is 32.1 Å². The molecule has 1 aromatic carbocycles. The Balaban J connectivity index is 1.64.